The molecule has 0 saturated carbocycles. The highest BCUT2D eigenvalue weighted by Crippen LogP contribution is 2.31. The Hall–Kier alpha value is -1.32. The molecule has 0 aliphatic carbocycles. The van der Waals surface area contributed by atoms with Crippen molar-refractivity contribution in [1.29, 1.82) is 0 Å². The number of nitrogens with two attached hydrogens (primary N) is 1. The van der Waals surface area contributed by atoms with Crippen LogP contribution in [0.3, 0.4) is 0 Å². The lowest BCUT2D eigenvalue weighted by Gasteiger charge is -2.33. The predicted octanol–water partition coefficient (Wildman–Crippen LogP) is 3.68. The van der Waals surface area contributed by atoms with Gasteiger partial charge in [-0.3, -0.25) is 0 Å². The zero-order valence-corrected chi connectivity index (χ0v) is 12.2. The van der Waals surface area contributed by atoms with Gasteiger partial charge in [-0.25, -0.2) is 4.98 Å². The molecule has 0 aliphatic heterocycles. The number of imidazole rings is 1. The Morgan fingerprint density at radius 1 is 1.21 bits per heavy atom. The number of nitrogens with zero attached hydrogens (tertiary/aromatic N) is 2. The second-order valence-corrected chi connectivity index (χ2v) is 5.23. The minimum Gasteiger partial charge on any atom is -0.328 e. The van der Waals surface area contributed by atoms with E-state index in [0.717, 1.165) is 29.1 Å². The standard InChI is InChI=1S/C15H20ClN3/c1-3-15(4-2,10-17)19-11-18-9-14(19)12-5-7-13(16)8-6-12/h5-9,11H,3-4,10,17H2,1-2H3. The van der Waals surface area contributed by atoms with Gasteiger partial charge in [0.25, 0.3) is 0 Å². The van der Waals surface area contributed by atoms with Crippen molar-refractivity contribution in [1.82, 2.24) is 9.55 Å². The second-order valence-electron chi connectivity index (χ2n) is 4.79. The molecule has 19 heavy (non-hydrogen) atoms. The fourth-order valence-corrected chi connectivity index (χ4v) is 2.61. The lowest BCUT2D eigenvalue weighted by molar-refractivity contribution is 0.274. The van der Waals surface area contributed by atoms with Crippen LogP contribution in [0, 0.1) is 0 Å². The Morgan fingerprint density at radius 3 is 2.37 bits per heavy atom. The van der Waals surface area contributed by atoms with Crippen LogP contribution in [0.15, 0.2) is 36.8 Å². The molecule has 1 aromatic heterocycles. The highest BCUT2D eigenvalue weighted by Gasteiger charge is 2.28. The van der Waals surface area contributed by atoms with Gasteiger partial charge in [-0.2, -0.15) is 0 Å². The van der Waals surface area contributed by atoms with Crippen molar-refractivity contribution >= 4 is 11.6 Å². The van der Waals surface area contributed by atoms with E-state index in [4.69, 9.17) is 17.3 Å². The maximum atomic E-state index is 6.02. The van der Waals surface area contributed by atoms with E-state index in [1.165, 1.54) is 0 Å². The molecule has 2 rings (SSSR count). The van der Waals surface area contributed by atoms with Gasteiger partial charge in [0.2, 0.25) is 0 Å². The summed E-state index contributed by atoms with van der Waals surface area (Å²) in [5.74, 6) is 0. The molecule has 2 N–H and O–H groups in total. The molecule has 102 valence electrons. The summed E-state index contributed by atoms with van der Waals surface area (Å²) in [7, 11) is 0. The molecule has 0 amide bonds. The van der Waals surface area contributed by atoms with Crippen LogP contribution in [0.5, 0.6) is 0 Å². The molecule has 0 saturated heterocycles. The molecular formula is C15H20ClN3. The van der Waals surface area contributed by atoms with Crippen molar-refractivity contribution in [2.45, 2.75) is 32.2 Å². The number of hydrogen-bond acceptors (Lipinski definition) is 2. The first kappa shape index (κ1) is 14.1. The summed E-state index contributed by atoms with van der Waals surface area (Å²) in [6.07, 6.45) is 5.73. The first-order valence-electron chi connectivity index (χ1n) is 6.65. The van der Waals surface area contributed by atoms with Crippen LogP contribution < -0.4 is 5.73 Å². The van der Waals surface area contributed by atoms with Gasteiger partial charge in [0.1, 0.15) is 0 Å². The number of rotatable bonds is 5. The second kappa shape index (κ2) is 5.76. The maximum absolute atomic E-state index is 6.02. The maximum Gasteiger partial charge on any atom is 0.0956 e. The number of hydrogen-bond donors (Lipinski definition) is 1. The Labute approximate surface area is 119 Å². The van der Waals surface area contributed by atoms with Crippen LogP contribution in [0.25, 0.3) is 11.3 Å². The monoisotopic (exact) mass is 277 g/mol. The topological polar surface area (TPSA) is 43.8 Å². The molecule has 0 fully saturated rings. The zero-order valence-electron chi connectivity index (χ0n) is 11.4. The molecule has 2 aromatic rings. The first-order valence-corrected chi connectivity index (χ1v) is 7.03. The Kier molecular flexibility index (Phi) is 4.27. The van der Waals surface area contributed by atoms with Crippen LogP contribution >= 0.6 is 11.6 Å². The van der Waals surface area contributed by atoms with Crippen molar-refractivity contribution in [3.8, 4) is 11.3 Å². The normalized spacial score (nSPS) is 11.8. The fraction of sp³-hybridized carbons (Fsp3) is 0.400. The van der Waals surface area contributed by atoms with E-state index in [1.54, 1.807) is 0 Å². The van der Waals surface area contributed by atoms with Crippen molar-refractivity contribution in [3.05, 3.63) is 41.8 Å². The summed E-state index contributed by atoms with van der Waals surface area (Å²) >= 11 is 5.94. The number of benzene rings is 1. The van der Waals surface area contributed by atoms with Crippen molar-refractivity contribution in [2.24, 2.45) is 5.73 Å². The van der Waals surface area contributed by atoms with E-state index >= 15 is 0 Å². The summed E-state index contributed by atoms with van der Waals surface area (Å²) in [5, 5.41) is 0.742. The van der Waals surface area contributed by atoms with Gasteiger partial charge in [-0.1, -0.05) is 37.6 Å². The van der Waals surface area contributed by atoms with Crippen LogP contribution in [-0.4, -0.2) is 16.1 Å². The molecule has 3 nitrogen and oxygen atoms in total. The van der Waals surface area contributed by atoms with Gasteiger partial charge in [-0.05, 0) is 30.5 Å². The molecule has 1 aromatic carbocycles. The van der Waals surface area contributed by atoms with Crippen molar-refractivity contribution in [3.63, 3.8) is 0 Å². The lowest BCUT2D eigenvalue weighted by atomic mass is 9.92. The van der Waals surface area contributed by atoms with Crippen LogP contribution in [0.2, 0.25) is 5.02 Å². The highest BCUT2D eigenvalue weighted by atomic mass is 35.5. The fourth-order valence-electron chi connectivity index (χ4n) is 2.48. The van der Waals surface area contributed by atoms with Gasteiger partial charge < -0.3 is 10.3 Å². The Balaban J connectivity index is 2.50. The molecule has 0 unspecified atom stereocenters. The van der Waals surface area contributed by atoms with Crippen LogP contribution in [0.1, 0.15) is 26.7 Å². The molecular weight excluding hydrogens is 258 g/mol. The third-order valence-electron chi connectivity index (χ3n) is 3.99. The van der Waals surface area contributed by atoms with Crippen LogP contribution in [-0.2, 0) is 5.54 Å². The average Bonchev–Trinajstić information content (AvgIpc) is 2.92. The third-order valence-corrected chi connectivity index (χ3v) is 4.24. The third kappa shape index (κ3) is 2.53. The summed E-state index contributed by atoms with van der Waals surface area (Å²) in [6, 6.07) is 7.83. The molecule has 1 heterocycles. The number of halogens is 1. The largest absolute Gasteiger partial charge is 0.328 e. The van der Waals surface area contributed by atoms with E-state index < -0.39 is 0 Å². The van der Waals surface area contributed by atoms with Crippen molar-refractivity contribution < 1.29 is 0 Å². The summed E-state index contributed by atoms with van der Waals surface area (Å²) < 4.78 is 2.20. The molecule has 0 atom stereocenters. The van der Waals surface area contributed by atoms with E-state index in [-0.39, 0.29) is 5.54 Å². The molecule has 0 bridgehead atoms. The van der Waals surface area contributed by atoms with E-state index in [1.807, 2.05) is 36.8 Å². The Morgan fingerprint density at radius 2 is 1.84 bits per heavy atom. The minimum absolute atomic E-state index is 0.0640. The van der Waals surface area contributed by atoms with Gasteiger partial charge in [0.15, 0.2) is 0 Å². The van der Waals surface area contributed by atoms with Crippen LogP contribution in [0.4, 0.5) is 0 Å². The molecule has 4 heteroatoms. The quantitative estimate of drug-likeness (QED) is 0.906. The lowest BCUT2D eigenvalue weighted by Crippen LogP contribution is -2.40. The van der Waals surface area contributed by atoms with Gasteiger partial charge in [-0.15, -0.1) is 0 Å². The SMILES string of the molecule is CCC(CC)(CN)n1cncc1-c1ccc(Cl)cc1. The smallest absolute Gasteiger partial charge is 0.0956 e. The first-order chi connectivity index (χ1) is 9.16. The predicted molar refractivity (Wildman–Crippen MR) is 80.3 cm³/mol. The minimum atomic E-state index is -0.0640. The van der Waals surface area contributed by atoms with E-state index in [2.05, 4.69) is 23.4 Å². The average molecular weight is 278 g/mol. The number of aromatic nitrogens is 2. The highest BCUT2D eigenvalue weighted by molar-refractivity contribution is 6.30. The summed E-state index contributed by atoms with van der Waals surface area (Å²) in [4.78, 5) is 4.31. The summed E-state index contributed by atoms with van der Waals surface area (Å²) in [6.45, 7) is 4.95. The van der Waals surface area contributed by atoms with E-state index in [9.17, 15) is 0 Å². The molecule has 0 aliphatic rings. The van der Waals surface area contributed by atoms with Gasteiger partial charge >= 0.3 is 0 Å². The van der Waals surface area contributed by atoms with E-state index in [0.29, 0.717) is 6.54 Å². The van der Waals surface area contributed by atoms with Gasteiger partial charge in [0, 0.05) is 11.6 Å². The van der Waals surface area contributed by atoms with Crippen molar-refractivity contribution in [2.75, 3.05) is 6.54 Å². The molecule has 0 spiro atoms. The zero-order chi connectivity index (χ0) is 13.9. The molecule has 0 radical (unpaired) electrons. The Bertz CT molecular complexity index is 518. The van der Waals surface area contributed by atoms with Gasteiger partial charge in [0.05, 0.1) is 23.8 Å². The summed E-state index contributed by atoms with van der Waals surface area (Å²) in [5.41, 5.74) is 8.16.